The summed E-state index contributed by atoms with van der Waals surface area (Å²) in [6.07, 6.45) is 1.27. The average Bonchev–Trinajstić information content (AvgIpc) is 3.16. The van der Waals surface area contributed by atoms with Crippen molar-refractivity contribution in [3.8, 4) is 11.3 Å². The first-order valence-electron chi connectivity index (χ1n) is 11.2. The fraction of sp³-hybridized carbons (Fsp3) is 0.370. The van der Waals surface area contributed by atoms with Crippen LogP contribution in [0.2, 0.25) is 0 Å². The number of aliphatic carboxylic acids is 1. The quantitative estimate of drug-likeness (QED) is 0.404. The highest BCUT2D eigenvalue weighted by atomic mass is 16.4. The molecule has 0 fully saturated rings. The average molecular weight is 430 g/mol. The number of rotatable bonds is 5. The number of nitrogens with zero attached hydrogens (tertiary/aromatic N) is 3. The molecule has 1 unspecified atom stereocenters. The molecule has 0 aliphatic carbocycles. The van der Waals surface area contributed by atoms with Gasteiger partial charge in [-0.2, -0.15) is 5.10 Å². The summed E-state index contributed by atoms with van der Waals surface area (Å²) in [4.78, 5) is 17.4. The fourth-order valence-electron chi connectivity index (χ4n) is 4.59. The molecule has 5 heteroatoms. The molecule has 0 aliphatic heterocycles. The lowest BCUT2D eigenvalue weighted by molar-refractivity contribution is -0.143. The highest BCUT2D eigenvalue weighted by molar-refractivity contribution is 5.90. The van der Waals surface area contributed by atoms with Crippen molar-refractivity contribution in [1.29, 1.82) is 0 Å². The topological polar surface area (TPSA) is 67.5 Å². The van der Waals surface area contributed by atoms with E-state index in [0.717, 1.165) is 51.0 Å². The molecule has 32 heavy (non-hydrogen) atoms. The van der Waals surface area contributed by atoms with Crippen LogP contribution in [0.5, 0.6) is 0 Å². The van der Waals surface area contributed by atoms with Gasteiger partial charge in [-0.25, -0.2) is 9.50 Å². The summed E-state index contributed by atoms with van der Waals surface area (Å²) < 4.78 is 1.85. The van der Waals surface area contributed by atoms with Crippen LogP contribution in [0.25, 0.3) is 27.7 Å². The SMILES string of the molecule is CCCC(C)(C(=O)O)c1c(C)nc2cc(C(C)(C)C)nn2c1-c1ccc2ccccc2c1. The molecule has 2 aromatic heterocycles. The van der Waals surface area contributed by atoms with Gasteiger partial charge in [0.15, 0.2) is 5.65 Å². The minimum absolute atomic E-state index is 0.151. The van der Waals surface area contributed by atoms with Gasteiger partial charge in [0.2, 0.25) is 0 Å². The molecule has 4 aromatic rings. The first-order chi connectivity index (χ1) is 15.1. The molecule has 0 spiro atoms. The summed E-state index contributed by atoms with van der Waals surface area (Å²) in [6.45, 7) is 12.1. The number of benzene rings is 2. The van der Waals surface area contributed by atoms with Gasteiger partial charge in [-0.15, -0.1) is 0 Å². The number of fused-ring (bicyclic) bond motifs is 2. The lowest BCUT2D eigenvalue weighted by atomic mass is 9.76. The van der Waals surface area contributed by atoms with Crippen molar-refractivity contribution in [3.63, 3.8) is 0 Å². The Morgan fingerprint density at radius 2 is 1.72 bits per heavy atom. The number of hydrogen-bond acceptors (Lipinski definition) is 3. The summed E-state index contributed by atoms with van der Waals surface area (Å²) in [5.41, 5.74) is 3.67. The van der Waals surface area contributed by atoms with Gasteiger partial charge in [-0.3, -0.25) is 4.79 Å². The van der Waals surface area contributed by atoms with Crippen LogP contribution in [0.15, 0.2) is 48.5 Å². The van der Waals surface area contributed by atoms with Crippen molar-refractivity contribution in [1.82, 2.24) is 14.6 Å². The van der Waals surface area contributed by atoms with Crippen LogP contribution in [-0.4, -0.2) is 25.7 Å². The molecular formula is C27H31N3O2. The van der Waals surface area contributed by atoms with Gasteiger partial charge in [0.1, 0.15) is 0 Å². The number of aryl methyl sites for hydroxylation is 1. The zero-order valence-corrected chi connectivity index (χ0v) is 19.7. The Morgan fingerprint density at radius 3 is 2.34 bits per heavy atom. The van der Waals surface area contributed by atoms with Gasteiger partial charge in [0, 0.05) is 28.3 Å². The number of carbonyl (C=O) groups is 1. The van der Waals surface area contributed by atoms with Gasteiger partial charge in [0.25, 0.3) is 0 Å². The molecule has 0 bridgehead atoms. The molecule has 2 aromatic carbocycles. The highest BCUT2D eigenvalue weighted by Crippen LogP contribution is 2.40. The van der Waals surface area contributed by atoms with Crippen LogP contribution in [0.4, 0.5) is 0 Å². The molecule has 1 atom stereocenters. The Hall–Kier alpha value is -3.21. The Morgan fingerprint density at radius 1 is 1.03 bits per heavy atom. The maximum absolute atomic E-state index is 12.6. The second kappa shape index (κ2) is 7.73. The van der Waals surface area contributed by atoms with E-state index in [1.165, 1.54) is 0 Å². The summed E-state index contributed by atoms with van der Waals surface area (Å²) in [5, 5.41) is 17.5. The smallest absolute Gasteiger partial charge is 0.313 e. The number of carboxylic acid groups (broad SMARTS) is 1. The van der Waals surface area contributed by atoms with Crippen molar-refractivity contribution in [2.75, 3.05) is 0 Å². The zero-order chi connectivity index (χ0) is 23.3. The zero-order valence-electron chi connectivity index (χ0n) is 19.7. The highest BCUT2D eigenvalue weighted by Gasteiger charge is 2.40. The number of hydrogen-bond donors (Lipinski definition) is 1. The van der Waals surface area contributed by atoms with Crippen LogP contribution in [0, 0.1) is 6.92 Å². The van der Waals surface area contributed by atoms with E-state index in [0.29, 0.717) is 6.42 Å². The van der Waals surface area contributed by atoms with Crippen LogP contribution in [0.3, 0.4) is 0 Å². The Bertz CT molecular complexity index is 1330. The van der Waals surface area contributed by atoms with Crippen molar-refractivity contribution < 1.29 is 9.90 Å². The van der Waals surface area contributed by atoms with E-state index in [2.05, 4.69) is 51.1 Å². The largest absolute Gasteiger partial charge is 0.481 e. The van der Waals surface area contributed by atoms with Crippen molar-refractivity contribution in [2.45, 2.75) is 65.2 Å². The molecule has 0 saturated carbocycles. The van der Waals surface area contributed by atoms with Crippen molar-refractivity contribution in [3.05, 3.63) is 65.5 Å². The van der Waals surface area contributed by atoms with Gasteiger partial charge in [0.05, 0.1) is 16.8 Å². The number of aromatic nitrogens is 3. The molecule has 1 N–H and O–H groups in total. The first-order valence-corrected chi connectivity index (χ1v) is 11.2. The molecule has 0 saturated heterocycles. The maximum Gasteiger partial charge on any atom is 0.313 e. The third-order valence-corrected chi connectivity index (χ3v) is 6.35. The van der Waals surface area contributed by atoms with E-state index >= 15 is 0 Å². The third kappa shape index (κ3) is 3.56. The van der Waals surface area contributed by atoms with Gasteiger partial charge in [-0.1, -0.05) is 70.5 Å². The molecule has 0 radical (unpaired) electrons. The molecule has 2 heterocycles. The monoisotopic (exact) mass is 429 g/mol. The van der Waals surface area contributed by atoms with Gasteiger partial charge >= 0.3 is 5.97 Å². The Kier molecular flexibility index (Phi) is 5.32. The van der Waals surface area contributed by atoms with E-state index < -0.39 is 11.4 Å². The lowest BCUT2D eigenvalue weighted by Crippen LogP contribution is -2.35. The standard InChI is InChI=1S/C27H31N3O2/c1-7-14-27(6,25(31)32)23-17(2)28-22-16-21(26(3,4)5)29-30(22)24(23)20-13-12-18-10-8-9-11-19(18)15-20/h8-13,15-16H,7,14H2,1-6H3,(H,31,32). The fourth-order valence-corrected chi connectivity index (χ4v) is 4.59. The second-order valence-corrected chi connectivity index (χ2v) is 9.92. The first kappa shape index (κ1) is 22.0. The van der Waals surface area contributed by atoms with E-state index in [1.54, 1.807) is 0 Å². The normalized spacial score (nSPS) is 14.1. The maximum atomic E-state index is 12.6. The lowest BCUT2D eigenvalue weighted by Gasteiger charge is -2.29. The summed E-state index contributed by atoms with van der Waals surface area (Å²) in [6, 6.07) is 16.5. The van der Waals surface area contributed by atoms with Crippen molar-refractivity contribution in [2.24, 2.45) is 0 Å². The summed E-state index contributed by atoms with van der Waals surface area (Å²) in [5.74, 6) is -0.839. The van der Waals surface area contributed by atoms with Crippen LogP contribution >= 0.6 is 0 Å². The third-order valence-electron chi connectivity index (χ3n) is 6.35. The van der Waals surface area contributed by atoms with Gasteiger partial charge in [-0.05, 0) is 37.1 Å². The van der Waals surface area contributed by atoms with Crippen molar-refractivity contribution >= 4 is 22.4 Å². The minimum atomic E-state index is -1.07. The van der Waals surface area contributed by atoms with Crippen LogP contribution in [0.1, 0.15) is 64.4 Å². The van der Waals surface area contributed by atoms with E-state index in [9.17, 15) is 9.90 Å². The molecular weight excluding hydrogens is 398 g/mol. The van der Waals surface area contributed by atoms with E-state index in [4.69, 9.17) is 10.1 Å². The van der Waals surface area contributed by atoms with Gasteiger partial charge < -0.3 is 5.11 Å². The summed E-state index contributed by atoms with van der Waals surface area (Å²) in [7, 11) is 0. The molecule has 0 aliphatic rings. The predicted molar refractivity (Wildman–Crippen MR) is 129 cm³/mol. The molecule has 166 valence electrons. The van der Waals surface area contributed by atoms with Crippen LogP contribution < -0.4 is 0 Å². The number of carboxylic acids is 1. The van der Waals surface area contributed by atoms with Crippen LogP contribution in [-0.2, 0) is 15.6 Å². The predicted octanol–water partition coefficient (Wildman–Crippen LogP) is 6.30. The molecule has 0 amide bonds. The van der Waals surface area contributed by atoms with E-state index in [-0.39, 0.29) is 5.41 Å². The molecule has 4 rings (SSSR count). The summed E-state index contributed by atoms with van der Waals surface area (Å²) >= 11 is 0. The van der Waals surface area contributed by atoms with E-state index in [1.807, 2.05) is 43.5 Å². The minimum Gasteiger partial charge on any atom is -0.481 e. The Labute approximate surface area is 189 Å². The Balaban J connectivity index is 2.14. The second-order valence-electron chi connectivity index (χ2n) is 9.92. The molecule has 5 nitrogen and oxygen atoms in total.